The van der Waals surface area contributed by atoms with Crippen LogP contribution < -0.4 is 4.72 Å². The van der Waals surface area contributed by atoms with E-state index in [0.29, 0.717) is 0 Å². The van der Waals surface area contributed by atoms with Crippen LogP contribution in [-0.2, 0) is 10.0 Å². The SMILES string of the molecule is CCSCC(C)NS(=O)(=O)CC. The quantitative estimate of drug-likeness (QED) is 0.715. The molecule has 0 amide bonds. The van der Waals surface area contributed by atoms with E-state index in [0.717, 1.165) is 11.5 Å². The molecule has 0 saturated heterocycles. The summed E-state index contributed by atoms with van der Waals surface area (Å²) in [7, 11) is -3.01. The predicted molar refractivity (Wildman–Crippen MR) is 55.1 cm³/mol. The summed E-state index contributed by atoms with van der Waals surface area (Å²) in [6.45, 7) is 5.59. The molecule has 1 N–H and O–H groups in total. The molecule has 1 unspecified atom stereocenters. The molecule has 0 aromatic heterocycles. The van der Waals surface area contributed by atoms with E-state index in [-0.39, 0.29) is 11.8 Å². The first-order valence-electron chi connectivity index (χ1n) is 4.09. The largest absolute Gasteiger partial charge is 0.212 e. The van der Waals surface area contributed by atoms with Gasteiger partial charge in [-0.25, -0.2) is 13.1 Å². The van der Waals surface area contributed by atoms with Crippen molar-refractivity contribution in [3.8, 4) is 0 Å². The summed E-state index contributed by atoms with van der Waals surface area (Å²) in [5, 5.41) is 0. The van der Waals surface area contributed by atoms with E-state index in [2.05, 4.69) is 11.6 Å². The first kappa shape index (κ1) is 12.3. The molecule has 0 fully saturated rings. The minimum absolute atomic E-state index is 0.0416. The number of hydrogen-bond donors (Lipinski definition) is 1. The molecule has 0 saturated carbocycles. The van der Waals surface area contributed by atoms with E-state index in [1.54, 1.807) is 18.7 Å². The minimum Gasteiger partial charge on any atom is -0.212 e. The molecular weight excluding hydrogens is 194 g/mol. The van der Waals surface area contributed by atoms with Crippen LogP contribution in [-0.4, -0.2) is 31.7 Å². The fourth-order valence-corrected chi connectivity index (χ4v) is 2.36. The van der Waals surface area contributed by atoms with Crippen molar-refractivity contribution in [2.75, 3.05) is 17.3 Å². The molecule has 0 rings (SSSR count). The van der Waals surface area contributed by atoms with Crippen LogP contribution >= 0.6 is 11.8 Å². The van der Waals surface area contributed by atoms with E-state index in [9.17, 15) is 8.42 Å². The lowest BCUT2D eigenvalue weighted by Crippen LogP contribution is -2.35. The molecule has 5 heteroatoms. The Kier molecular flexibility index (Phi) is 5.96. The van der Waals surface area contributed by atoms with Gasteiger partial charge in [-0.15, -0.1) is 0 Å². The third-order valence-corrected chi connectivity index (χ3v) is 4.00. The number of hydrogen-bond acceptors (Lipinski definition) is 3. The monoisotopic (exact) mass is 211 g/mol. The Hall–Kier alpha value is 0.260. The Morgan fingerprint density at radius 3 is 2.42 bits per heavy atom. The predicted octanol–water partition coefficient (Wildman–Crippen LogP) is 1.07. The summed E-state index contributed by atoms with van der Waals surface area (Å²) < 4.78 is 24.7. The standard InChI is InChI=1S/C7H17NO2S2/c1-4-11-6-7(3)8-12(9,10)5-2/h7-8H,4-6H2,1-3H3. The molecule has 0 heterocycles. The van der Waals surface area contributed by atoms with Crippen molar-refractivity contribution in [2.45, 2.75) is 26.8 Å². The van der Waals surface area contributed by atoms with Gasteiger partial charge in [0, 0.05) is 11.8 Å². The summed E-state index contributed by atoms with van der Waals surface area (Å²) >= 11 is 1.74. The molecule has 0 aliphatic carbocycles. The van der Waals surface area contributed by atoms with Crippen LogP contribution in [0.25, 0.3) is 0 Å². The molecule has 0 bridgehead atoms. The number of nitrogens with one attached hydrogen (secondary N) is 1. The topological polar surface area (TPSA) is 46.2 Å². The first-order valence-corrected chi connectivity index (χ1v) is 6.90. The van der Waals surface area contributed by atoms with Crippen LogP contribution in [0.4, 0.5) is 0 Å². The Morgan fingerprint density at radius 1 is 1.42 bits per heavy atom. The maximum atomic E-state index is 11.1. The number of sulfonamides is 1. The smallest absolute Gasteiger partial charge is 0.211 e. The van der Waals surface area contributed by atoms with Gasteiger partial charge in [0.05, 0.1) is 5.75 Å². The zero-order chi connectivity index (χ0) is 9.61. The van der Waals surface area contributed by atoms with Crippen molar-refractivity contribution >= 4 is 21.8 Å². The lowest BCUT2D eigenvalue weighted by Gasteiger charge is -2.11. The van der Waals surface area contributed by atoms with Gasteiger partial charge in [0.25, 0.3) is 0 Å². The van der Waals surface area contributed by atoms with Gasteiger partial charge in [-0.1, -0.05) is 6.92 Å². The Balaban J connectivity index is 3.76. The van der Waals surface area contributed by atoms with Crippen LogP contribution in [0.15, 0.2) is 0 Å². The van der Waals surface area contributed by atoms with Gasteiger partial charge in [0.15, 0.2) is 0 Å². The highest BCUT2D eigenvalue weighted by atomic mass is 32.2. The molecule has 0 radical (unpaired) electrons. The normalized spacial score (nSPS) is 14.6. The summed E-state index contributed by atoms with van der Waals surface area (Å²) in [6, 6.07) is 0.0416. The second kappa shape index (κ2) is 5.83. The van der Waals surface area contributed by atoms with E-state index >= 15 is 0 Å². The van der Waals surface area contributed by atoms with E-state index in [1.165, 1.54) is 0 Å². The maximum Gasteiger partial charge on any atom is 0.211 e. The average Bonchev–Trinajstić information content (AvgIpc) is 2.00. The van der Waals surface area contributed by atoms with E-state index in [4.69, 9.17) is 0 Å². The van der Waals surface area contributed by atoms with Crippen LogP contribution in [0.2, 0.25) is 0 Å². The van der Waals surface area contributed by atoms with Gasteiger partial charge in [0.2, 0.25) is 10.0 Å². The molecule has 0 spiro atoms. The van der Waals surface area contributed by atoms with Gasteiger partial charge >= 0.3 is 0 Å². The van der Waals surface area contributed by atoms with Gasteiger partial charge in [-0.05, 0) is 19.6 Å². The zero-order valence-electron chi connectivity index (χ0n) is 7.83. The van der Waals surface area contributed by atoms with Gasteiger partial charge in [0.1, 0.15) is 0 Å². The third-order valence-electron chi connectivity index (χ3n) is 1.33. The second-order valence-corrected chi connectivity index (χ2v) is 5.94. The highest BCUT2D eigenvalue weighted by molar-refractivity contribution is 7.99. The highest BCUT2D eigenvalue weighted by Crippen LogP contribution is 2.02. The van der Waals surface area contributed by atoms with Crippen LogP contribution in [0, 0.1) is 0 Å². The summed E-state index contributed by atoms with van der Waals surface area (Å²) in [5.74, 6) is 2.03. The Bertz CT molecular complexity index is 201. The van der Waals surface area contributed by atoms with Gasteiger partial charge in [-0.3, -0.25) is 0 Å². The maximum absolute atomic E-state index is 11.1. The van der Waals surface area contributed by atoms with E-state index in [1.807, 2.05) is 6.92 Å². The lowest BCUT2D eigenvalue weighted by atomic mass is 10.4. The minimum atomic E-state index is -3.01. The van der Waals surface area contributed by atoms with Crippen LogP contribution in [0.3, 0.4) is 0 Å². The van der Waals surface area contributed by atoms with Crippen molar-refractivity contribution in [1.29, 1.82) is 0 Å². The molecule has 1 atom stereocenters. The Labute approximate surface area is 79.4 Å². The third kappa shape index (κ3) is 5.85. The first-order chi connectivity index (χ1) is 5.52. The van der Waals surface area contributed by atoms with Crippen molar-refractivity contribution in [3.05, 3.63) is 0 Å². The van der Waals surface area contributed by atoms with E-state index < -0.39 is 10.0 Å². The molecule has 0 aromatic rings. The van der Waals surface area contributed by atoms with Crippen molar-refractivity contribution < 1.29 is 8.42 Å². The van der Waals surface area contributed by atoms with Crippen molar-refractivity contribution in [2.24, 2.45) is 0 Å². The van der Waals surface area contributed by atoms with Gasteiger partial charge in [-0.2, -0.15) is 11.8 Å². The Morgan fingerprint density at radius 2 is 2.00 bits per heavy atom. The zero-order valence-corrected chi connectivity index (χ0v) is 9.46. The molecule has 3 nitrogen and oxygen atoms in total. The number of rotatable bonds is 6. The fraction of sp³-hybridized carbons (Fsp3) is 1.00. The molecular formula is C7H17NO2S2. The molecule has 0 aliphatic rings. The van der Waals surface area contributed by atoms with Crippen molar-refractivity contribution in [3.63, 3.8) is 0 Å². The molecule has 0 aliphatic heterocycles. The molecule has 12 heavy (non-hydrogen) atoms. The lowest BCUT2D eigenvalue weighted by molar-refractivity contribution is 0.572. The second-order valence-electron chi connectivity index (χ2n) is 2.58. The number of thioether (sulfide) groups is 1. The fourth-order valence-electron chi connectivity index (χ4n) is 0.719. The molecule has 0 aromatic carbocycles. The van der Waals surface area contributed by atoms with Crippen LogP contribution in [0.5, 0.6) is 0 Å². The molecule has 74 valence electrons. The summed E-state index contributed by atoms with van der Waals surface area (Å²) in [6.07, 6.45) is 0. The summed E-state index contributed by atoms with van der Waals surface area (Å²) in [5.41, 5.74) is 0. The summed E-state index contributed by atoms with van der Waals surface area (Å²) in [4.78, 5) is 0. The average molecular weight is 211 g/mol. The van der Waals surface area contributed by atoms with Crippen molar-refractivity contribution in [1.82, 2.24) is 4.72 Å². The highest BCUT2D eigenvalue weighted by Gasteiger charge is 2.10. The van der Waals surface area contributed by atoms with Crippen LogP contribution in [0.1, 0.15) is 20.8 Å². The van der Waals surface area contributed by atoms with Gasteiger partial charge < -0.3 is 0 Å².